The van der Waals surface area contributed by atoms with E-state index in [0.717, 1.165) is 56.3 Å². The zero-order valence-electron chi connectivity index (χ0n) is 23.7. The molecule has 2 atom stereocenters. The number of allylic oxidation sites excluding steroid dienone is 1. The van der Waals surface area contributed by atoms with Gasteiger partial charge in [-0.05, 0) is 90.0 Å². The molecule has 4 rings (SSSR count). The van der Waals surface area contributed by atoms with Gasteiger partial charge in [0.25, 0.3) is 0 Å². The second-order valence-electron chi connectivity index (χ2n) is 12.6. The Morgan fingerprint density at radius 3 is 2.34 bits per heavy atom. The fraction of sp³-hybridized carbons (Fsp3) is 0.806. The summed E-state index contributed by atoms with van der Waals surface area (Å²) < 4.78 is 11.3. The van der Waals surface area contributed by atoms with E-state index in [2.05, 4.69) is 32.6 Å². The number of hydrogen-bond acceptors (Lipinski definition) is 6. The normalized spacial score (nSPS) is 32.3. The van der Waals surface area contributed by atoms with Crippen molar-refractivity contribution < 1.29 is 24.2 Å². The number of nitrogens with zero attached hydrogens (tertiary/aromatic N) is 1. The highest BCUT2D eigenvalue weighted by Crippen LogP contribution is 2.41. The summed E-state index contributed by atoms with van der Waals surface area (Å²) in [6.45, 7) is 7.03. The maximum Gasteiger partial charge on any atom is 0.321 e. The Bertz CT molecular complexity index is 914. The van der Waals surface area contributed by atoms with Crippen molar-refractivity contribution >= 4 is 23.6 Å². The molecule has 3 fully saturated rings. The lowest BCUT2D eigenvalue weighted by molar-refractivity contribution is -0.146. The van der Waals surface area contributed by atoms with Crippen LogP contribution in [0.15, 0.2) is 11.0 Å². The van der Waals surface area contributed by atoms with E-state index >= 15 is 0 Å². The first-order valence-electron chi connectivity index (χ1n) is 14.8. The minimum atomic E-state index is -0.527. The molecule has 0 aromatic carbocycles. The fourth-order valence-corrected chi connectivity index (χ4v) is 7.50. The Hall–Kier alpha value is -1.49. The summed E-state index contributed by atoms with van der Waals surface area (Å²) in [5.41, 5.74) is -0.309. The van der Waals surface area contributed by atoms with Gasteiger partial charge in [-0.2, -0.15) is 0 Å². The van der Waals surface area contributed by atoms with E-state index in [9.17, 15) is 14.7 Å². The van der Waals surface area contributed by atoms with Crippen molar-refractivity contribution in [3.05, 3.63) is 11.0 Å². The first kappa shape index (κ1) is 29.5. The van der Waals surface area contributed by atoms with E-state index in [4.69, 9.17) is 9.47 Å². The predicted octanol–water partition coefficient (Wildman–Crippen LogP) is 5.47. The third kappa shape index (κ3) is 7.58. The topological polar surface area (TPSA) is 76.1 Å². The number of rotatable bonds is 7. The van der Waals surface area contributed by atoms with Crippen LogP contribution in [0.25, 0.3) is 0 Å². The van der Waals surface area contributed by atoms with E-state index < -0.39 is 5.25 Å². The van der Waals surface area contributed by atoms with Crippen LogP contribution in [0.3, 0.4) is 0 Å². The summed E-state index contributed by atoms with van der Waals surface area (Å²) in [6, 6.07) is -0.371. The molecule has 0 radical (unpaired) electrons. The highest BCUT2D eigenvalue weighted by molar-refractivity contribution is 8.05. The Balaban J connectivity index is 1.56. The standard InChI is InChI=1S/C31H47NO5S/c1-21-9-11-22(12-10-21)29(34)32(23-13-15-24(33)16-14-23)27-19-26(38-28(27)30(35)36-4)17-18-31(2,3)20-37-25-7-5-6-8-25/h19,21-25,27-28,33H,5-16,20H2,1-4H3/t21-,22-,23-,24-,27?,28?. The van der Waals surface area contributed by atoms with E-state index in [-0.39, 0.29) is 41.4 Å². The molecule has 7 heteroatoms. The Morgan fingerprint density at radius 1 is 1.05 bits per heavy atom. The molecule has 212 valence electrons. The summed E-state index contributed by atoms with van der Waals surface area (Å²) in [7, 11) is 1.42. The minimum Gasteiger partial charge on any atom is -0.468 e. The maximum absolute atomic E-state index is 14.1. The quantitative estimate of drug-likeness (QED) is 0.338. The largest absolute Gasteiger partial charge is 0.468 e. The molecule has 3 aliphatic carbocycles. The van der Waals surface area contributed by atoms with Gasteiger partial charge in [0.05, 0.1) is 36.9 Å². The van der Waals surface area contributed by atoms with Crippen molar-refractivity contribution in [3.8, 4) is 11.8 Å². The summed E-state index contributed by atoms with van der Waals surface area (Å²) in [4.78, 5) is 29.9. The van der Waals surface area contributed by atoms with E-state index in [0.29, 0.717) is 31.5 Å². The summed E-state index contributed by atoms with van der Waals surface area (Å²) >= 11 is 1.42. The molecular weight excluding hydrogens is 498 g/mol. The first-order valence-corrected chi connectivity index (χ1v) is 15.7. The molecule has 1 amide bonds. The summed E-state index contributed by atoms with van der Waals surface area (Å²) in [5.74, 6) is 7.22. The van der Waals surface area contributed by atoms with E-state index in [1.807, 2.05) is 11.0 Å². The molecule has 6 nitrogen and oxygen atoms in total. The lowest BCUT2D eigenvalue weighted by Gasteiger charge is -2.42. The van der Waals surface area contributed by atoms with Crippen LogP contribution < -0.4 is 0 Å². The zero-order valence-corrected chi connectivity index (χ0v) is 24.6. The molecule has 1 aliphatic heterocycles. The van der Waals surface area contributed by atoms with Crippen molar-refractivity contribution in [2.45, 2.75) is 127 Å². The van der Waals surface area contributed by atoms with Gasteiger partial charge in [-0.1, -0.05) is 43.4 Å². The molecule has 4 aliphatic rings. The average molecular weight is 546 g/mol. The Morgan fingerprint density at radius 2 is 1.71 bits per heavy atom. The lowest BCUT2D eigenvalue weighted by atomic mass is 9.81. The molecule has 0 saturated heterocycles. The van der Waals surface area contributed by atoms with Gasteiger partial charge in [0.1, 0.15) is 5.25 Å². The highest BCUT2D eigenvalue weighted by atomic mass is 32.2. The first-order chi connectivity index (χ1) is 18.2. The van der Waals surface area contributed by atoms with Gasteiger partial charge in [0.15, 0.2) is 0 Å². The molecule has 0 aromatic rings. The smallest absolute Gasteiger partial charge is 0.321 e. The van der Waals surface area contributed by atoms with Gasteiger partial charge in [-0.3, -0.25) is 9.59 Å². The lowest BCUT2D eigenvalue weighted by Crippen LogP contribution is -2.54. The van der Waals surface area contributed by atoms with Crippen LogP contribution >= 0.6 is 11.8 Å². The van der Waals surface area contributed by atoms with Crippen molar-refractivity contribution in [2.75, 3.05) is 13.7 Å². The summed E-state index contributed by atoms with van der Waals surface area (Å²) in [6.07, 6.45) is 13.6. The fourth-order valence-electron chi connectivity index (χ4n) is 6.36. The number of amides is 1. The van der Waals surface area contributed by atoms with Gasteiger partial charge in [0, 0.05) is 17.4 Å². The molecule has 0 bridgehead atoms. The Kier molecular flexibility index (Phi) is 10.3. The molecular formula is C31H47NO5S. The van der Waals surface area contributed by atoms with E-state index in [1.54, 1.807) is 0 Å². The van der Waals surface area contributed by atoms with Crippen LogP contribution in [0.5, 0.6) is 0 Å². The minimum absolute atomic E-state index is 0.00319. The number of carbonyl (C=O) groups excluding carboxylic acids is 2. The van der Waals surface area contributed by atoms with Crippen molar-refractivity contribution in [3.63, 3.8) is 0 Å². The van der Waals surface area contributed by atoms with Gasteiger partial charge < -0.3 is 19.5 Å². The monoisotopic (exact) mass is 545 g/mol. The maximum atomic E-state index is 14.1. The van der Waals surface area contributed by atoms with Crippen molar-refractivity contribution in [1.82, 2.24) is 4.90 Å². The Labute approximate surface area is 233 Å². The SMILES string of the molecule is COC(=O)C1SC(C#CC(C)(C)COC2CCCC2)=CC1N(C(=O)[C@H]1CC[C@H](C)CC1)[C@H]1CC[C@H](O)CC1. The molecule has 0 spiro atoms. The number of carbonyl (C=O) groups is 2. The predicted molar refractivity (Wildman–Crippen MR) is 151 cm³/mol. The number of thioether (sulfide) groups is 1. The number of ether oxygens (including phenoxy) is 2. The molecule has 0 aromatic heterocycles. The van der Waals surface area contributed by atoms with Gasteiger partial charge in [0.2, 0.25) is 5.91 Å². The number of esters is 1. The van der Waals surface area contributed by atoms with Crippen LogP contribution in [0, 0.1) is 29.1 Å². The van der Waals surface area contributed by atoms with Crippen molar-refractivity contribution in [1.29, 1.82) is 0 Å². The second kappa shape index (κ2) is 13.2. The number of aliphatic hydroxyl groups is 1. The zero-order chi connectivity index (χ0) is 27.3. The van der Waals surface area contributed by atoms with Gasteiger partial charge >= 0.3 is 5.97 Å². The van der Waals surface area contributed by atoms with Crippen LogP contribution in [0.4, 0.5) is 0 Å². The molecule has 38 heavy (non-hydrogen) atoms. The molecule has 2 unspecified atom stereocenters. The van der Waals surface area contributed by atoms with Crippen LogP contribution in [-0.2, 0) is 19.1 Å². The van der Waals surface area contributed by atoms with Crippen LogP contribution in [-0.4, -0.2) is 65.1 Å². The number of hydrogen-bond donors (Lipinski definition) is 1. The van der Waals surface area contributed by atoms with Gasteiger partial charge in [-0.25, -0.2) is 0 Å². The third-order valence-electron chi connectivity index (χ3n) is 8.83. The van der Waals surface area contributed by atoms with Crippen LogP contribution in [0.1, 0.15) is 97.8 Å². The molecule has 1 heterocycles. The second-order valence-corrected chi connectivity index (χ2v) is 13.8. The highest BCUT2D eigenvalue weighted by Gasteiger charge is 2.45. The average Bonchev–Trinajstić information content (AvgIpc) is 3.58. The van der Waals surface area contributed by atoms with Crippen molar-refractivity contribution in [2.24, 2.45) is 17.3 Å². The molecule has 3 saturated carbocycles. The van der Waals surface area contributed by atoms with Crippen LogP contribution in [0.2, 0.25) is 0 Å². The van der Waals surface area contributed by atoms with Gasteiger partial charge in [-0.15, -0.1) is 0 Å². The number of aliphatic hydroxyl groups excluding tert-OH is 1. The molecule has 1 N–H and O–H groups in total. The van der Waals surface area contributed by atoms with E-state index in [1.165, 1.54) is 31.7 Å². The number of methoxy groups -OCH3 is 1. The summed E-state index contributed by atoms with van der Waals surface area (Å²) in [5, 5.41) is 9.62. The third-order valence-corrected chi connectivity index (χ3v) is 10.0.